The molecular weight excluding hydrogens is 602 g/mol. The number of ether oxygens (including phenoxy) is 2. The number of amides is 2. The first kappa shape index (κ1) is 33.1. The topological polar surface area (TPSA) is 129 Å². The minimum atomic E-state index is -1.18. The summed E-state index contributed by atoms with van der Waals surface area (Å²) in [5, 5.41) is 6.68. The van der Waals surface area contributed by atoms with Gasteiger partial charge >= 0.3 is 6.16 Å². The van der Waals surface area contributed by atoms with E-state index in [1.165, 1.54) is 16.8 Å². The summed E-state index contributed by atoms with van der Waals surface area (Å²) in [7, 11) is 0. The molecule has 2 amide bonds. The summed E-state index contributed by atoms with van der Waals surface area (Å²) in [5.41, 5.74) is -1.77. The van der Waals surface area contributed by atoms with Crippen molar-refractivity contribution in [3.05, 3.63) is 63.1 Å². The Kier molecular flexibility index (Phi) is 9.78. The fourth-order valence-corrected chi connectivity index (χ4v) is 6.40. The lowest BCUT2D eigenvalue weighted by molar-refractivity contribution is -0.0655. The largest absolute Gasteiger partial charge is 0.514 e. The molecule has 0 saturated carbocycles. The van der Waals surface area contributed by atoms with Gasteiger partial charge in [0, 0.05) is 44.8 Å². The lowest BCUT2D eigenvalue weighted by Gasteiger charge is -2.42. The molecule has 2 bridgehead atoms. The number of carbonyl (C=O) groups excluding carboxylic acids is 3. The first-order valence-electron chi connectivity index (χ1n) is 15.8. The minimum absolute atomic E-state index is 0. The van der Waals surface area contributed by atoms with E-state index in [1.807, 2.05) is 13.8 Å². The van der Waals surface area contributed by atoms with Gasteiger partial charge in [-0.25, -0.2) is 13.6 Å². The fourth-order valence-electron chi connectivity index (χ4n) is 6.40. The lowest BCUT2D eigenvalue weighted by atomic mass is 9.84. The smallest absolute Gasteiger partial charge is 0.434 e. The molecule has 0 radical (unpaired) electrons. The number of nitrogens with one attached hydrogen (secondary N) is 1. The molecule has 250 valence electrons. The highest BCUT2D eigenvalue weighted by atomic mass is 19.1. The molecule has 4 heterocycles. The second-order valence-electron chi connectivity index (χ2n) is 12.8. The monoisotopic (exact) mass is 644 g/mol. The van der Waals surface area contributed by atoms with Crippen LogP contribution in [0.3, 0.4) is 0 Å². The molecule has 0 unspecified atom stereocenters. The Hall–Kier alpha value is -4.29. The number of benzene rings is 1. The van der Waals surface area contributed by atoms with Crippen LogP contribution in [0.2, 0.25) is 0 Å². The van der Waals surface area contributed by atoms with E-state index in [9.17, 15) is 28.0 Å². The normalized spacial score (nSPS) is 21.8. The molecule has 11 nitrogen and oxygen atoms in total. The summed E-state index contributed by atoms with van der Waals surface area (Å²) in [4.78, 5) is 61.8. The highest BCUT2D eigenvalue weighted by Gasteiger charge is 2.54. The van der Waals surface area contributed by atoms with Gasteiger partial charge in [-0.3, -0.25) is 14.4 Å². The number of aromatic nitrogens is 1. The Bertz CT molecular complexity index is 1610. The van der Waals surface area contributed by atoms with Crippen molar-refractivity contribution in [1.29, 1.82) is 0 Å². The van der Waals surface area contributed by atoms with Gasteiger partial charge in [0.25, 0.3) is 11.8 Å². The third-order valence-corrected chi connectivity index (χ3v) is 8.95. The Morgan fingerprint density at radius 1 is 1.22 bits per heavy atom. The van der Waals surface area contributed by atoms with Gasteiger partial charge in [0.2, 0.25) is 11.2 Å². The van der Waals surface area contributed by atoms with Crippen LogP contribution in [0.25, 0.3) is 0 Å². The second-order valence-corrected chi connectivity index (χ2v) is 12.8. The molecule has 3 aliphatic heterocycles. The maximum Gasteiger partial charge on any atom is 0.514 e. The van der Waals surface area contributed by atoms with Crippen LogP contribution in [-0.4, -0.2) is 57.9 Å². The molecule has 1 saturated heterocycles. The molecule has 1 aromatic carbocycles. The number of pyridine rings is 1. The van der Waals surface area contributed by atoms with Crippen LogP contribution in [0.1, 0.15) is 107 Å². The van der Waals surface area contributed by atoms with Gasteiger partial charge in [-0.05, 0) is 45.1 Å². The number of halogens is 2. The lowest BCUT2D eigenvalue weighted by Crippen LogP contribution is -2.52. The summed E-state index contributed by atoms with van der Waals surface area (Å²) in [5.74, 6) is -3.16. The summed E-state index contributed by atoms with van der Waals surface area (Å²) in [6.07, 6.45) is 5.12. The van der Waals surface area contributed by atoms with Gasteiger partial charge in [-0.15, -0.1) is 0 Å². The maximum atomic E-state index is 14.3. The van der Waals surface area contributed by atoms with E-state index in [0.717, 1.165) is 31.0 Å². The van der Waals surface area contributed by atoms with Crippen molar-refractivity contribution in [1.82, 2.24) is 14.8 Å². The van der Waals surface area contributed by atoms with Crippen LogP contribution >= 0.6 is 0 Å². The van der Waals surface area contributed by atoms with Crippen LogP contribution in [-0.2, 0) is 16.1 Å². The van der Waals surface area contributed by atoms with Gasteiger partial charge in [0.15, 0.2) is 11.3 Å². The minimum Gasteiger partial charge on any atom is -0.434 e. The molecule has 1 fully saturated rings. The molecule has 46 heavy (non-hydrogen) atoms. The van der Waals surface area contributed by atoms with Crippen LogP contribution < -0.4 is 15.5 Å². The molecule has 5 rings (SSSR count). The third kappa shape index (κ3) is 6.78. The third-order valence-electron chi connectivity index (χ3n) is 8.95. The molecular formula is C33H42F2N4O7. The van der Waals surface area contributed by atoms with Crippen LogP contribution in [0, 0.1) is 17.6 Å². The zero-order chi connectivity index (χ0) is 33.2. The summed E-state index contributed by atoms with van der Waals surface area (Å²) in [6, 6.07) is 2.11. The van der Waals surface area contributed by atoms with E-state index in [1.54, 1.807) is 4.90 Å². The highest BCUT2D eigenvalue weighted by molar-refractivity contribution is 6.00. The van der Waals surface area contributed by atoms with Gasteiger partial charge in [0.05, 0.1) is 18.4 Å². The Labute approximate surface area is 267 Å². The molecule has 3 atom stereocenters. The molecule has 1 N–H and O–H groups in total. The van der Waals surface area contributed by atoms with Crippen LogP contribution in [0.15, 0.2) is 34.3 Å². The van der Waals surface area contributed by atoms with E-state index >= 15 is 0 Å². The Morgan fingerprint density at radius 2 is 2.00 bits per heavy atom. The van der Waals surface area contributed by atoms with Crippen molar-refractivity contribution in [2.45, 2.75) is 96.9 Å². The molecule has 0 aliphatic carbocycles. The van der Waals surface area contributed by atoms with Crippen molar-refractivity contribution in [2.24, 2.45) is 11.1 Å². The van der Waals surface area contributed by atoms with Crippen LogP contribution in [0.5, 0.6) is 5.75 Å². The molecule has 1 spiro atoms. The summed E-state index contributed by atoms with van der Waals surface area (Å²) >= 11 is 0. The first-order valence-corrected chi connectivity index (χ1v) is 15.8. The van der Waals surface area contributed by atoms with Crippen molar-refractivity contribution in [3.8, 4) is 5.75 Å². The van der Waals surface area contributed by atoms with E-state index in [-0.39, 0.29) is 38.4 Å². The Morgan fingerprint density at radius 3 is 2.70 bits per heavy atom. The summed E-state index contributed by atoms with van der Waals surface area (Å²) < 4.78 is 39.9. The van der Waals surface area contributed by atoms with E-state index in [4.69, 9.17) is 14.3 Å². The maximum absolute atomic E-state index is 14.3. The average molecular weight is 645 g/mol. The zero-order valence-electron chi connectivity index (χ0n) is 26.6. The standard InChI is InChI=1S/C33H40F2N4O7.H2/c1-19(2)8-6-5-7-13-44-32(43)45-29-27-31(42)38-18-26(33(12-11-21(38)4)15-20(3)37-46-33)39(27)17-24(28(29)40)30(41)36-16-22-9-10-23(34)14-25(22)35;/h9-10,14,17,19,21,26H,5-8,11-13,15-16,18H2,1-4H3,(H,36,41);1H/t21-,26+,33-;/m0./s1. The number of oxime groups is 1. The Balaban J connectivity index is 0.00000500. The molecule has 13 heteroatoms. The molecule has 3 aliphatic rings. The number of unbranched alkanes of at least 4 members (excludes halogenated alkanes) is 2. The van der Waals surface area contributed by atoms with Gasteiger partial charge < -0.3 is 29.1 Å². The van der Waals surface area contributed by atoms with Crippen molar-refractivity contribution < 1.29 is 38.9 Å². The van der Waals surface area contributed by atoms with Gasteiger partial charge in [0.1, 0.15) is 17.2 Å². The van der Waals surface area contributed by atoms with E-state index < -0.39 is 58.0 Å². The highest BCUT2D eigenvalue weighted by Crippen LogP contribution is 2.46. The number of carbonyl (C=O) groups is 3. The van der Waals surface area contributed by atoms with E-state index in [2.05, 4.69) is 24.3 Å². The van der Waals surface area contributed by atoms with Crippen molar-refractivity contribution in [2.75, 3.05) is 13.2 Å². The quantitative estimate of drug-likeness (QED) is 0.258. The molecule has 1 aromatic heterocycles. The van der Waals surface area contributed by atoms with Gasteiger partial charge in [-0.1, -0.05) is 44.3 Å². The average Bonchev–Trinajstić information content (AvgIpc) is 3.33. The number of hydrogen-bond acceptors (Lipinski definition) is 8. The van der Waals surface area contributed by atoms with Gasteiger partial charge in [-0.2, -0.15) is 0 Å². The predicted molar refractivity (Wildman–Crippen MR) is 166 cm³/mol. The number of hydrogen-bond donors (Lipinski definition) is 1. The van der Waals surface area contributed by atoms with Crippen molar-refractivity contribution >= 4 is 23.7 Å². The SMILES string of the molecule is CC1=NO[C@@]2(CC[C@H](C)N3C[C@H]2n2cc(C(=O)NCc4ccc(F)cc4F)c(=O)c(OC(=O)OCCCCCC(C)C)c2C3=O)C1.[HH]. The molecule has 2 aromatic rings. The number of fused-ring (bicyclic) bond motifs is 5. The van der Waals surface area contributed by atoms with E-state index in [0.29, 0.717) is 37.7 Å². The summed E-state index contributed by atoms with van der Waals surface area (Å²) in [6.45, 7) is 7.90. The first-order chi connectivity index (χ1) is 21.9. The van der Waals surface area contributed by atoms with Crippen LogP contribution in [0.4, 0.5) is 13.6 Å². The number of nitrogens with zero attached hydrogens (tertiary/aromatic N) is 3. The number of rotatable bonds is 10. The second kappa shape index (κ2) is 13.6. The zero-order valence-corrected chi connectivity index (χ0v) is 26.6. The predicted octanol–water partition coefficient (Wildman–Crippen LogP) is 5.75. The fraction of sp³-hybridized carbons (Fsp3) is 0.545. The van der Waals surface area contributed by atoms with Crippen molar-refractivity contribution in [3.63, 3.8) is 0 Å².